The van der Waals surface area contributed by atoms with Crippen molar-refractivity contribution in [2.75, 3.05) is 46.3 Å². The number of ether oxygens (including phenoxy) is 5. The number of carbonyl (C=O) groups is 10. The van der Waals surface area contributed by atoms with E-state index in [1.807, 2.05) is 6.07 Å². The molecule has 18 fully saturated rings. The third-order valence-electron chi connectivity index (χ3n) is 36.3. The second kappa shape index (κ2) is 43.9. The molecule has 25 heteroatoms. The van der Waals surface area contributed by atoms with E-state index in [9.17, 15) is 56.4 Å². The molecule has 0 radical (unpaired) electrons. The van der Waals surface area contributed by atoms with Gasteiger partial charge in [-0.3, -0.25) is 47.9 Å². The van der Waals surface area contributed by atoms with Crippen LogP contribution in [0.3, 0.4) is 0 Å². The molecule has 37 atom stereocenters. The van der Waals surface area contributed by atoms with E-state index in [1.165, 1.54) is 39.2 Å². The van der Waals surface area contributed by atoms with Crippen LogP contribution in [0.1, 0.15) is 276 Å². The number of hydrogen-bond donors (Lipinski definition) is 6. The van der Waals surface area contributed by atoms with Crippen LogP contribution in [-0.2, 0) is 81.7 Å². The quantitative estimate of drug-likeness (QED) is 0.0422. The average molecular weight is 1760 g/mol. The lowest BCUT2D eigenvalue weighted by Crippen LogP contribution is -2.60. The lowest BCUT2D eigenvalue weighted by atomic mass is 9.48. The number of aliphatic hydroxyl groups is 1. The molecule has 18 bridgehead atoms. The van der Waals surface area contributed by atoms with Gasteiger partial charge < -0.3 is 49.4 Å². The first-order chi connectivity index (χ1) is 55.0. The summed E-state index contributed by atoms with van der Waals surface area (Å²) in [6, 6.07) is 1.99. The van der Waals surface area contributed by atoms with E-state index >= 15 is 0 Å². The molecular weight excluding hydrogens is 1590 g/mol. The summed E-state index contributed by atoms with van der Waals surface area (Å²) in [7, 11) is -1.91. The number of carbonyl (C=O) groups excluding carboxylic acids is 7. The summed E-state index contributed by atoms with van der Waals surface area (Å²) in [5.74, 6) is 15.1. The van der Waals surface area contributed by atoms with Crippen molar-refractivity contribution in [1.82, 2.24) is 10.0 Å². The Morgan fingerprint density at radius 1 is 0.398 bits per heavy atom. The van der Waals surface area contributed by atoms with Gasteiger partial charge in [0.2, 0.25) is 21.8 Å². The van der Waals surface area contributed by atoms with Crippen molar-refractivity contribution in [1.29, 1.82) is 5.26 Å². The minimum Gasteiger partial charge on any atom is -0.481 e. The van der Waals surface area contributed by atoms with Crippen LogP contribution in [0, 0.1) is 236 Å². The second-order valence-corrected chi connectivity index (χ2v) is 43.3. The Balaban J connectivity index is 0.000000256. The van der Waals surface area contributed by atoms with Gasteiger partial charge in [0.15, 0.2) is 6.61 Å². The first kappa shape index (κ1) is 108. The highest BCUT2D eigenvalue weighted by molar-refractivity contribution is 7.89. The Morgan fingerprint density at radius 2 is 0.707 bits per heavy atom. The number of amides is 2. The van der Waals surface area contributed by atoms with Crippen molar-refractivity contribution in [3.63, 3.8) is 0 Å². The lowest BCUT2D eigenvalue weighted by Gasteiger charge is -2.59. The number of aliphatic carboxylic acids is 3. The molecule has 0 aliphatic heterocycles. The number of carboxylic acid groups (broad SMARTS) is 3. The Hall–Kier alpha value is -5.90. The van der Waals surface area contributed by atoms with Crippen molar-refractivity contribution in [2.24, 2.45) is 224 Å². The fourth-order valence-corrected chi connectivity index (χ4v) is 29.5. The van der Waals surface area contributed by atoms with Gasteiger partial charge in [0.1, 0.15) is 25.4 Å². The fourth-order valence-electron chi connectivity index (χ4n) is 28.9. The molecule has 0 aromatic carbocycles. The summed E-state index contributed by atoms with van der Waals surface area (Å²) in [5, 5.41) is 45.4. The molecule has 18 aliphatic carbocycles. The van der Waals surface area contributed by atoms with E-state index in [1.54, 1.807) is 0 Å². The highest BCUT2D eigenvalue weighted by Gasteiger charge is 2.65. The predicted octanol–water partition coefficient (Wildman–Crippen LogP) is 17.3. The third-order valence-corrected chi connectivity index (χ3v) is 36.8. The van der Waals surface area contributed by atoms with Gasteiger partial charge in [-0.15, -0.1) is 0 Å². The zero-order valence-corrected chi connectivity index (χ0v) is 73.6. The van der Waals surface area contributed by atoms with E-state index < -0.39 is 45.6 Å². The van der Waals surface area contributed by atoms with Gasteiger partial charge >= 0.3 is 47.8 Å². The summed E-state index contributed by atoms with van der Waals surface area (Å²) in [4.78, 5) is 116. The van der Waals surface area contributed by atoms with Gasteiger partial charge in [-0.1, -0.05) is 141 Å². The van der Waals surface area contributed by atoms with Gasteiger partial charge in [-0.05, 0) is 300 Å². The number of sulfonamides is 1. The molecule has 0 heterocycles. The molecule has 0 aromatic rings. The van der Waals surface area contributed by atoms with Crippen LogP contribution >= 0.6 is 0 Å². The molecule has 0 aromatic heterocycles. The summed E-state index contributed by atoms with van der Waals surface area (Å²) in [6.07, 6.45) is 21.7. The molecule has 24 nitrogen and oxygen atoms in total. The number of aliphatic hydroxyl groups excluding tert-OH is 1. The summed E-state index contributed by atoms with van der Waals surface area (Å²) >= 11 is 0. The van der Waals surface area contributed by atoms with E-state index in [4.69, 9.17) is 49.4 Å². The Labute approximate surface area is 740 Å². The van der Waals surface area contributed by atoms with E-state index in [-0.39, 0.29) is 154 Å². The Morgan fingerprint density at radius 3 is 1.01 bits per heavy atom. The minimum atomic E-state index is -3.41. The maximum atomic E-state index is 13.2. The van der Waals surface area contributed by atoms with Gasteiger partial charge in [-0.2, -0.15) is 5.26 Å². The van der Waals surface area contributed by atoms with Crippen molar-refractivity contribution < 1.29 is 100 Å². The number of nitrogens with one attached hydrogen (secondary N) is 2. The molecule has 706 valence electrons. The number of nitriles is 1. The van der Waals surface area contributed by atoms with E-state index in [0.717, 1.165) is 126 Å². The Kier molecular flexibility index (Phi) is 38.4. The number of rotatable bonds is 18. The fraction of sp³-hybridized carbons (Fsp3) is 0.888. The summed E-state index contributed by atoms with van der Waals surface area (Å²) < 4.78 is 50.6. The molecule has 6 N–H and O–H groups in total. The predicted molar refractivity (Wildman–Crippen MR) is 474 cm³/mol. The van der Waals surface area contributed by atoms with Gasteiger partial charge in [0.25, 0.3) is 0 Å². The number of hydrogen-bond acceptors (Lipinski definition) is 19. The zero-order valence-electron chi connectivity index (χ0n) is 72.8. The normalized spacial score (nSPS) is 43.1. The van der Waals surface area contributed by atoms with Crippen LogP contribution < -0.4 is 10.0 Å². The molecule has 0 saturated heterocycles. The van der Waals surface area contributed by atoms with Crippen LogP contribution in [0.25, 0.3) is 0 Å². The Bertz CT molecular complexity index is 3680. The van der Waals surface area contributed by atoms with Gasteiger partial charge in [0, 0.05) is 18.3 Å². The summed E-state index contributed by atoms with van der Waals surface area (Å²) in [6.45, 7) is 31.1. The zero-order chi connectivity index (χ0) is 85.7. The molecular formula is C98H167N3O21S. The monoisotopic (exact) mass is 1750 g/mol. The topological polar surface area (TPSA) is 380 Å². The van der Waals surface area contributed by atoms with Crippen LogP contribution in [0.4, 0.5) is 0 Å². The van der Waals surface area contributed by atoms with Crippen molar-refractivity contribution in [3.8, 4) is 6.07 Å². The first-order valence-electron chi connectivity index (χ1n) is 45.3. The molecule has 18 aliphatic rings. The van der Waals surface area contributed by atoms with Gasteiger partial charge in [0.05, 0.1) is 67.5 Å². The third kappa shape index (κ3) is 22.9. The highest BCUT2D eigenvalue weighted by atomic mass is 32.2. The molecule has 0 spiro atoms. The maximum absolute atomic E-state index is 13.2. The number of methoxy groups -OCH3 is 1. The highest BCUT2D eigenvalue weighted by Crippen LogP contribution is 2.66. The van der Waals surface area contributed by atoms with Crippen molar-refractivity contribution in [3.05, 3.63) is 0 Å². The number of esters is 5. The molecule has 37 unspecified atom stereocenters. The van der Waals surface area contributed by atoms with Crippen LogP contribution in [0.2, 0.25) is 0 Å². The minimum absolute atomic E-state index is 0. The number of nitrogens with zero attached hydrogens (tertiary/aromatic N) is 1. The van der Waals surface area contributed by atoms with Crippen LogP contribution in [0.5, 0.6) is 0 Å². The van der Waals surface area contributed by atoms with E-state index in [0.29, 0.717) is 161 Å². The van der Waals surface area contributed by atoms with Crippen LogP contribution in [-0.4, -0.2) is 140 Å². The molecule has 18 saturated carbocycles. The standard InChI is InChI=1S/C22H32O4.C13H19NO2.C12H19NO3.C12H18O4.C12H20O3.C11H19NO3S.C10H16O2.6CH4/c1-12-13(2)17-5-16(12)6-18(17)19(23)26-22-9-14-4-15(10-22)8-21(7-14,11-22)20(24)25-3;1-8-9(2)11-6-10(8)7-12(11)13(15)16-5-3-4-14;1-6-7(2)9-3-8(6)4-10(9)12(16)13-5-11(14)15;1-6-7(2)9-3-8(6)4-10(9)12(15)16-5-11(13)14;1-7-8(2)10-5-9(7)6-11(10)12(14)15-4-3-13;1-6-7(2)9-4-8(6)5-10(9)11(13)12-16(3,14)15;1-5-6(2)8-3-7(5)4-9(8)10(11)12;;;;;;/h12-18H,4-11H2,1-3H3;8-12H,3,5-7H2,1-2H3;6-10H,3-5H2,1-2H3,(H,13,16)(H,14,15);6-10H,3-5H2,1-2H3,(H,13,14);7-11,13H,3-6H2,1-2H3;6-10H,4-5H2,1-3H3,(H,12,13);5-9H,3-4H2,1-2H3,(H,11,12);6*1H4. The average Bonchev–Trinajstić information content (AvgIpc) is 1.72. The van der Waals surface area contributed by atoms with E-state index in [2.05, 4.69) is 107 Å². The van der Waals surface area contributed by atoms with Crippen LogP contribution in [0.15, 0.2) is 0 Å². The summed E-state index contributed by atoms with van der Waals surface area (Å²) in [5.41, 5.74) is -0.790. The SMILES string of the molecule is C.C.C.C.C.C.CC1C2CC(C(=O)NCC(=O)O)C(C2)C1C.CC1C2CC(C(=O)NS(C)(=O)=O)C(C2)C1C.CC1C2CC(C(=O)O)C(C2)C1C.CC1C2CC(C(=O)OCC(=O)O)C(C2)C1C.CC1C2CC(C(=O)OCCC#N)C(C2)C1C.CC1C2CC(C(=O)OCCO)C(C2)C1C.COC(=O)C12CC3CC(CC(OC(=O)C4CC5CC4C(C)C5C)(C3)C1)C2. The smallest absolute Gasteiger partial charge is 0.341 e. The first-order valence-corrected chi connectivity index (χ1v) is 47.2. The lowest BCUT2D eigenvalue weighted by molar-refractivity contribution is -0.215. The molecule has 18 rings (SSSR count). The molecule has 2 amide bonds. The largest absolute Gasteiger partial charge is 0.481 e. The second-order valence-electron chi connectivity index (χ2n) is 41.5. The number of fused-ring (bicyclic) bond motifs is 14. The molecule has 123 heavy (non-hydrogen) atoms. The number of carboxylic acids is 3. The van der Waals surface area contributed by atoms with Crippen molar-refractivity contribution >= 4 is 69.6 Å². The van der Waals surface area contributed by atoms with Gasteiger partial charge in [-0.25, -0.2) is 13.2 Å². The van der Waals surface area contributed by atoms with Crippen molar-refractivity contribution in [2.45, 2.75) is 282 Å². The maximum Gasteiger partial charge on any atom is 0.341 e.